The molecule has 0 aliphatic rings. The van der Waals surface area contributed by atoms with E-state index in [2.05, 4.69) is 4.98 Å². The molecule has 0 radical (unpaired) electrons. The normalized spacial score (nSPS) is 10.1. The van der Waals surface area contributed by atoms with E-state index in [4.69, 9.17) is 21.4 Å². The highest BCUT2D eigenvalue weighted by Crippen LogP contribution is 2.33. The first-order valence-corrected chi connectivity index (χ1v) is 5.66. The molecule has 0 atom stereocenters. The summed E-state index contributed by atoms with van der Waals surface area (Å²) in [4.78, 5) is 24.9. The minimum absolute atomic E-state index is 0.0420. The van der Waals surface area contributed by atoms with Gasteiger partial charge in [0.05, 0.1) is 10.5 Å². The Bertz CT molecular complexity index is 689. The van der Waals surface area contributed by atoms with E-state index in [9.17, 15) is 14.9 Å². The van der Waals surface area contributed by atoms with E-state index >= 15 is 0 Å². The van der Waals surface area contributed by atoms with E-state index in [0.29, 0.717) is 0 Å². The molecule has 20 heavy (non-hydrogen) atoms. The lowest BCUT2D eigenvalue weighted by Crippen LogP contribution is -1.99. The Hall–Kier alpha value is -2.67. The van der Waals surface area contributed by atoms with Crippen LogP contribution in [0.2, 0.25) is 5.02 Å². The lowest BCUT2D eigenvalue weighted by atomic mass is 10.2. The van der Waals surface area contributed by atoms with E-state index in [1.165, 1.54) is 30.5 Å². The number of nitro groups is 1. The molecule has 0 saturated heterocycles. The van der Waals surface area contributed by atoms with Gasteiger partial charge < -0.3 is 9.84 Å². The second kappa shape index (κ2) is 5.54. The Labute approximate surface area is 117 Å². The number of hydrogen-bond acceptors (Lipinski definition) is 5. The molecule has 0 saturated carbocycles. The average molecular weight is 295 g/mol. The fraction of sp³-hybridized carbons (Fsp3) is 0. The monoisotopic (exact) mass is 294 g/mol. The van der Waals surface area contributed by atoms with Crippen molar-refractivity contribution in [3.63, 3.8) is 0 Å². The van der Waals surface area contributed by atoms with Crippen molar-refractivity contribution in [3.05, 3.63) is 57.2 Å². The Kier molecular flexibility index (Phi) is 3.81. The Morgan fingerprint density at radius 1 is 1.35 bits per heavy atom. The molecule has 0 amide bonds. The minimum atomic E-state index is -1.15. The molecular formula is C12H7ClN2O5. The Morgan fingerprint density at radius 2 is 2.10 bits per heavy atom. The first-order valence-electron chi connectivity index (χ1n) is 5.28. The Balaban J connectivity index is 2.39. The summed E-state index contributed by atoms with van der Waals surface area (Å²) in [7, 11) is 0. The summed E-state index contributed by atoms with van der Waals surface area (Å²) in [5.74, 6) is -1.34. The molecule has 2 aromatic rings. The number of nitrogens with zero attached hydrogens (tertiary/aromatic N) is 2. The third-order valence-electron chi connectivity index (χ3n) is 2.31. The summed E-state index contributed by atoms with van der Waals surface area (Å²) in [5.41, 5.74) is -0.336. The van der Waals surface area contributed by atoms with Gasteiger partial charge in [-0.1, -0.05) is 11.6 Å². The van der Waals surface area contributed by atoms with Crippen LogP contribution in [-0.4, -0.2) is 21.0 Å². The van der Waals surface area contributed by atoms with Gasteiger partial charge >= 0.3 is 11.7 Å². The maximum Gasteiger partial charge on any atom is 0.335 e. The summed E-state index contributed by atoms with van der Waals surface area (Å²) in [5, 5.41) is 20.0. The number of aromatic carboxylic acids is 1. The zero-order valence-corrected chi connectivity index (χ0v) is 10.6. The molecule has 0 fully saturated rings. The van der Waals surface area contributed by atoms with Gasteiger partial charge in [0.1, 0.15) is 0 Å². The SMILES string of the molecule is O=C(O)c1ccnc(Oc2cc(Cl)ccc2[N+](=O)[O-])c1. The largest absolute Gasteiger partial charge is 0.478 e. The molecule has 0 aliphatic heterocycles. The average Bonchev–Trinajstić information content (AvgIpc) is 2.38. The Morgan fingerprint density at radius 3 is 2.75 bits per heavy atom. The molecule has 1 N–H and O–H groups in total. The topological polar surface area (TPSA) is 103 Å². The quantitative estimate of drug-likeness (QED) is 0.686. The van der Waals surface area contributed by atoms with Gasteiger partial charge in [-0.2, -0.15) is 0 Å². The van der Waals surface area contributed by atoms with E-state index < -0.39 is 10.9 Å². The number of carbonyl (C=O) groups is 1. The number of carboxylic acid groups (broad SMARTS) is 1. The van der Waals surface area contributed by atoms with Crippen LogP contribution in [0, 0.1) is 10.1 Å². The van der Waals surface area contributed by atoms with Crippen LogP contribution in [0.1, 0.15) is 10.4 Å². The number of nitro benzene ring substituents is 1. The van der Waals surface area contributed by atoms with Gasteiger partial charge in [-0.3, -0.25) is 10.1 Å². The van der Waals surface area contributed by atoms with Crippen molar-refractivity contribution in [2.24, 2.45) is 0 Å². The summed E-state index contributed by atoms with van der Waals surface area (Å²) in [6.07, 6.45) is 1.23. The van der Waals surface area contributed by atoms with Gasteiger partial charge in [-0.25, -0.2) is 9.78 Å². The predicted molar refractivity (Wildman–Crippen MR) is 69.4 cm³/mol. The molecule has 8 heteroatoms. The highest BCUT2D eigenvalue weighted by Gasteiger charge is 2.17. The van der Waals surface area contributed by atoms with Crippen LogP contribution in [0.15, 0.2) is 36.5 Å². The van der Waals surface area contributed by atoms with Crippen LogP contribution in [0.5, 0.6) is 11.6 Å². The molecule has 2 rings (SSSR count). The molecule has 1 aromatic carbocycles. The van der Waals surface area contributed by atoms with E-state index in [-0.39, 0.29) is 27.9 Å². The van der Waals surface area contributed by atoms with Crippen molar-refractivity contribution in [1.82, 2.24) is 4.98 Å². The van der Waals surface area contributed by atoms with Crippen LogP contribution in [0.25, 0.3) is 0 Å². The van der Waals surface area contributed by atoms with Gasteiger partial charge in [0.25, 0.3) is 0 Å². The summed E-state index contributed by atoms with van der Waals surface area (Å²) in [6.45, 7) is 0. The molecule has 0 aliphatic carbocycles. The van der Waals surface area contributed by atoms with Gasteiger partial charge in [-0.15, -0.1) is 0 Å². The zero-order valence-electron chi connectivity index (χ0n) is 9.82. The highest BCUT2D eigenvalue weighted by atomic mass is 35.5. The number of carboxylic acids is 1. The molecule has 102 valence electrons. The van der Waals surface area contributed by atoms with E-state index in [0.717, 1.165) is 6.07 Å². The fourth-order valence-electron chi connectivity index (χ4n) is 1.43. The van der Waals surface area contributed by atoms with E-state index in [1.807, 2.05) is 0 Å². The molecule has 1 aromatic heterocycles. The number of ether oxygens (including phenoxy) is 1. The summed E-state index contributed by atoms with van der Waals surface area (Å²) in [6, 6.07) is 6.25. The van der Waals surface area contributed by atoms with Gasteiger partial charge in [0, 0.05) is 29.4 Å². The second-order valence-electron chi connectivity index (χ2n) is 3.66. The molecule has 0 unspecified atom stereocenters. The number of hydrogen-bond donors (Lipinski definition) is 1. The third-order valence-corrected chi connectivity index (χ3v) is 2.55. The zero-order chi connectivity index (χ0) is 14.7. The van der Waals surface area contributed by atoms with E-state index in [1.54, 1.807) is 0 Å². The van der Waals surface area contributed by atoms with Crippen LogP contribution < -0.4 is 4.74 Å². The van der Waals surface area contributed by atoms with Crippen LogP contribution in [0.3, 0.4) is 0 Å². The lowest BCUT2D eigenvalue weighted by molar-refractivity contribution is -0.385. The molecule has 7 nitrogen and oxygen atoms in total. The molecule has 1 heterocycles. The molecular weight excluding hydrogens is 288 g/mol. The van der Waals surface area contributed by atoms with Gasteiger partial charge in [0.2, 0.25) is 11.6 Å². The maximum atomic E-state index is 10.9. The third kappa shape index (κ3) is 3.01. The van der Waals surface area contributed by atoms with Crippen LogP contribution in [-0.2, 0) is 0 Å². The fourth-order valence-corrected chi connectivity index (χ4v) is 1.59. The minimum Gasteiger partial charge on any atom is -0.478 e. The van der Waals surface area contributed by atoms with Gasteiger partial charge in [-0.05, 0) is 12.1 Å². The van der Waals surface area contributed by atoms with Gasteiger partial charge in [0.15, 0.2) is 0 Å². The number of pyridine rings is 1. The van der Waals surface area contributed by atoms with Crippen molar-refractivity contribution < 1.29 is 19.6 Å². The van der Waals surface area contributed by atoms with Crippen molar-refractivity contribution >= 4 is 23.3 Å². The van der Waals surface area contributed by atoms with Crippen molar-refractivity contribution in [2.45, 2.75) is 0 Å². The number of benzene rings is 1. The summed E-state index contributed by atoms with van der Waals surface area (Å²) < 4.78 is 5.24. The number of halogens is 1. The molecule has 0 spiro atoms. The maximum absolute atomic E-state index is 10.9. The standard InChI is InChI=1S/C12H7ClN2O5/c13-8-1-2-9(15(18)19)10(6-8)20-11-5-7(12(16)17)3-4-14-11/h1-6H,(H,16,17). The predicted octanol–water partition coefficient (Wildman–Crippen LogP) is 3.13. The summed E-state index contributed by atoms with van der Waals surface area (Å²) >= 11 is 5.75. The lowest BCUT2D eigenvalue weighted by Gasteiger charge is -2.06. The number of rotatable bonds is 4. The van der Waals surface area contributed by atoms with Crippen molar-refractivity contribution in [1.29, 1.82) is 0 Å². The van der Waals surface area contributed by atoms with Crippen molar-refractivity contribution in [3.8, 4) is 11.6 Å². The first kappa shape index (κ1) is 13.8. The van der Waals surface area contributed by atoms with Crippen LogP contribution in [0.4, 0.5) is 5.69 Å². The van der Waals surface area contributed by atoms with Crippen LogP contribution >= 0.6 is 11.6 Å². The second-order valence-corrected chi connectivity index (χ2v) is 4.10. The number of aromatic nitrogens is 1. The first-order chi connectivity index (χ1) is 9.47. The molecule has 0 bridgehead atoms. The highest BCUT2D eigenvalue weighted by molar-refractivity contribution is 6.30. The van der Waals surface area contributed by atoms with Crippen molar-refractivity contribution in [2.75, 3.05) is 0 Å². The smallest absolute Gasteiger partial charge is 0.335 e.